The number of carbonyl (C=O) groups is 2. The average Bonchev–Trinajstić information content (AvgIpc) is 3.10. The van der Waals surface area contributed by atoms with Crippen molar-refractivity contribution in [2.75, 3.05) is 26.9 Å². The van der Waals surface area contributed by atoms with Crippen LogP contribution < -0.4 is 5.32 Å². The van der Waals surface area contributed by atoms with Crippen molar-refractivity contribution in [3.63, 3.8) is 0 Å². The van der Waals surface area contributed by atoms with Gasteiger partial charge >= 0.3 is 12.0 Å². The van der Waals surface area contributed by atoms with E-state index >= 15 is 0 Å². The maximum atomic E-state index is 12.8. The molecule has 3 aliphatic rings. The molecule has 3 atom stereocenters. The van der Waals surface area contributed by atoms with Gasteiger partial charge in [-0.05, 0) is 38.5 Å². The number of rotatable bonds is 4. The molecule has 7 nitrogen and oxygen atoms in total. The molecule has 0 bridgehead atoms. The third kappa shape index (κ3) is 4.26. The molecule has 0 radical (unpaired) electrons. The van der Waals surface area contributed by atoms with Crippen molar-refractivity contribution in [2.24, 2.45) is 11.8 Å². The summed E-state index contributed by atoms with van der Waals surface area (Å²) in [5.74, 6) is -0.645. The Labute approximate surface area is 149 Å². The highest BCUT2D eigenvalue weighted by molar-refractivity contribution is 5.75. The summed E-state index contributed by atoms with van der Waals surface area (Å²) in [6.45, 7) is 1.75. The highest BCUT2D eigenvalue weighted by Gasteiger charge is 2.41. The zero-order chi connectivity index (χ0) is 17.8. The fourth-order valence-corrected chi connectivity index (χ4v) is 4.66. The molecule has 1 heterocycles. The van der Waals surface area contributed by atoms with Crippen LogP contribution in [0.2, 0.25) is 0 Å². The average molecular weight is 354 g/mol. The third-order valence-electron chi connectivity index (χ3n) is 6.13. The van der Waals surface area contributed by atoms with Crippen LogP contribution in [0, 0.1) is 11.8 Å². The molecule has 1 saturated heterocycles. The first-order valence-electron chi connectivity index (χ1n) is 9.50. The number of methoxy groups -OCH3 is 1. The number of ether oxygens (including phenoxy) is 2. The maximum absolute atomic E-state index is 12.8. The molecule has 2 aliphatic carbocycles. The Morgan fingerprint density at radius 1 is 1.16 bits per heavy atom. The van der Waals surface area contributed by atoms with Crippen molar-refractivity contribution in [2.45, 2.75) is 63.1 Å². The van der Waals surface area contributed by atoms with Crippen LogP contribution in [0.5, 0.6) is 0 Å². The number of hydrogen-bond donors (Lipinski definition) is 2. The molecule has 7 heteroatoms. The molecule has 3 rings (SSSR count). The number of aliphatic carboxylic acids is 1. The van der Waals surface area contributed by atoms with Gasteiger partial charge in [0.05, 0.1) is 31.3 Å². The number of urea groups is 1. The molecule has 0 aromatic rings. The van der Waals surface area contributed by atoms with Crippen molar-refractivity contribution in [1.29, 1.82) is 0 Å². The van der Waals surface area contributed by atoms with Crippen LogP contribution in [0.15, 0.2) is 0 Å². The monoisotopic (exact) mass is 354 g/mol. The fraction of sp³-hybridized carbons (Fsp3) is 0.889. The number of hydrogen-bond acceptors (Lipinski definition) is 4. The number of morpholine rings is 1. The number of carboxylic acid groups (broad SMARTS) is 1. The van der Waals surface area contributed by atoms with Crippen LogP contribution in [0.3, 0.4) is 0 Å². The number of nitrogens with zero attached hydrogens (tertiary/aromatic N) is 1. The highest BCUT2D eigenvalue weighted by atomic mass is 16.5. The minimum atomic E-state index is -0.718. The van der Waals surface area contributed by atoms with Gasteiger partial charge in [0.25, 0.3) is 0 Å². The molecular weight excluding hydrogens is 324 g/mol. The third-order valence-corrected chi connectivity index (χ3v) is 6.13. The van der Waals surface area contributed by atoms with E-state index in [1.165, 1.54) is 0 Å². The van der Waals surface area contributed by atoms with Crippen molar-refractivity contribution in [3.05, 3.63) is 0 Å². The number of nitrogens with one attached hydrogen (secondary N) is 1. The lowest BCUT2D eigenvalue weighted by Gasteiger charge is -2.41. The van der Waals surface area contributed by atoms with Gasteiger partial charge in [-0.15, -0.1) is 0 Å². The van der Waals surface area contributed by atoms with Crippen molar-refractivity contribution >= 4 is 12.0 Å². The van der Waals surface area contributed by atoms with Gasteiger partial charge in [0.1, 0.15) is 0 Å². The molecule has 142 valence electrons. The summed E-state index contributed by atoms with van der Waals surface area (Å²) in [6, 6.07) is 0.110. The number of carbonyl (C=O) groups excluding carboxylic acids is 1. The van der Waals surface area contributed by atoms with Gasteiger partial charge in [-0.1, -0.05) is 6.42 Å². The summed E-state index contributed by atoms with van der Waals surface area (Å²) >= 11 is 0. The summed E-state index contributed by atoms with van der Waals surface area (Å²) in [6.07, 6.45) is 6.21. The van der Waals surface area contributed by atoms with Crippen molar-refractivity contribution < 1.29 is 24.2 Å². The predicted molar refractivity (Wildman–Crippen MR) is 91.4 cm³/mol. The van der Waals surface area contributed by atoms with E-state index in [0.29, 0.717) is 38.5 Å². The maximum Gasteiger partial charge on any atom is 0.318 e. The van der Waals surface area contributed by atoms with E-state index < -0.39 is 5.97 Å². The molecule has 0 aromatic carbocycles. The molecule has 25 heavy (non-hydrogen) atoms. The summed E-state index contributed by atoms with van der Waals surface area (Å²) in [7, 11) is 1.75. The first-order valence-corrected chi connectivity index (χ1v) is 9.50. The van der Waals surface area contributed by atoms with E-state index in [0.717, 1.165) is 32.1 Å². The van der Waals surface area contributed by atoms with E-state index in [4.69, 9.17) is 14.6 Å². The Bertz CT molecular complexity index is 478. The molecule has 2 N–H and O–H groups in total. The molecule has 3 unspecified atom stereocenters. The zero-order valence-corrected chi connectivity index (χ0v) is 15.0. The number of amides is 2. The topological polar surface area (TPSA) is 88.1 Å². The van der Waals surface area contributed by atoms with Crippen LogP contribution >= 0.6 is 0 Å². The Morgan fingerprint density at radius 3 is 2.60 bits per heavy atom. The normalized spacial score (nSPS) is 36.2. The van der Waals surface area contributed by atoms with E-state index in [1.54, 1.807) is 7.11 Å². The van der Waals surface area contributed by atoms with Crippen molar-refractivity contribution in [3.8, 4) is 0 Å². The lowest BCUT2D eigenvalue weighted by molar-refractivity contribution is -0.142. The SMILES string of the molecule is COC1CCCC1C1COCCN1C(=O)NC1CCC(C(=O)O)CC1. The van der Waals surface area contributed by atoms with Crippen LogP contribution in [0.25, 0.3) is 0 Å². The van der Waals surface area contributed by atoms with Gasteiger partial charge in [-0.3, -0.25) is 4.79 Å². The van der Waals surface area contributed by atoms with Crippen LogP contribution in [-0.2, 0) is 14.3 Å². The minimum absolute atomic E-state index is 0.0335. The minimum Gasteiger partial charge on any atom is -0.481 e. The molecule has 2 amide bonds. The Hall–Kier alpha value is -1.34. The van der Waals surface area contributed by atoms with Gasteiger partial charge in [0.2, 0.25) is 0 Å². The molecule has 0 aromatic heterocycles. The lowest BCUT2D eigenvalue weighted by Crippen LogP contribution is -2.58. The second-order valence-corrected chi connectivity index (χ2v) is 7.54. The standard InChI is InChI=1S/C18H30N2O5/c1-24-16-4-2-3-14(16)15-11-25-10-9-20(15)18(23)19-13-7-5-12(6-8-13)17(21)22/h12-16H,2-11H2,1H3,(H,19,23)(H,21,22). The predicted octanol–water partition coefficient (Wildman–Crippen LogP) is 1.86. The Morgan fingerprint density at radius 2 is 1.92 bits per heavy atom. The summed E-state index contributed by atoms with van der Waals surface area (Å²) in [5, 5.41) is 12.2. The van der Waals surface area contributed by atoms with E-state index in [9.17, 15) is 9.59 Å². The lowest BCUT2D eigenvalue weighted by atomic mass is 9.86. The van der Waals surface area contributed by atoms with E-state index in [2.05, 4.69) is 5.32 Å². The van der Waals surface area contributed by atoms with Gasteiger partial charge in [-0.2, -0.15) is 0 Å². The fourth-order valence-electron chi connectivity index (χ4n) is 4.66. The van der Waals surface area contributed by atoms with Gasteiger partial charge in [-0.25, -0.2) is 4.79 Å². The Balaban J connectivity index is 1.57. The molecule has 3 fully saturated rings. The first-order chi connectivity index (χ1) is 12.1. The van der Waals surface area contributed by atoms with Crippen molar-refractivity contribution in [1.82, 2.24) is 10.2 Å². The molecule has 2 saturated carbocycles. The largest absolute Gasteiger partial charge is 0.481 e. The van der Waals surface area contributed by atoms with Crippen LogP contribution in [0.1, 0.15) is 44.9 Å². The van der Waals surface area contributed by atoms with Crippen LogP contribution in [0.4, 0.5) is 4.79 Å². The van der Waals surface area contributed by atoms with E-state index in [1.807, 2.05) is 4.90 Å². The van der Waals surface area contributed by atoms with Gasteiger partial charge < -0.3 is 24.8 Å². The van der Waals surface area contributed by atoms with Gasteiger partial charge in [0.15, 0.2) is 0 Å². The number of carboxylic acids is 1. The summed E-state index contributed by atoms with van der Waals surface area (Å²) in [4.78, 5) is 25.8. The highest BCUT2D eigenvalue weighted by Crippen LogP contribution is 2.34. The first kappa shape index (κ1) is 18.5. The van der Waals surface area contributed by atoms with E-state index in [-0.39, 0.29) is 30.1 Å². The summed E-state index contributed by atoms with van der Waals surface area (Å²) in [5.41, 5.74) is 0. The zero-order valence-electron chi connectivity index (χ0n) is 15.0. The van der Waals surface area contributed by atoms with Gasteiger partial charge in [0, 0.05) is 25.6 Å². The second kappa shape index (κ2) is 8.36. The second-order valence-electron chi connectivity index (χ2n) is 7.54. The summed E-state index contributed by atoms with van der Waals surface area (Å²) < 4.78 is 11.3. The molecule has 0 spiro atoms. The smallest absolute Gasteiger partial charge is 0.318 e. The molecule has 1 aliphatic heterocycles. The molecular formula is C18H30N2O5. The quantitative estimate of drug-likeness (QED) is 0.804. The van der Waals surface area contributed by atoms with Crippen LogP contribution in [-0.4, -0.2) is 67.1 Å². The Kier molecular flexibility index (Phi) is 6.17.